The zero-order valence-corrected chi connectivity index (χ0v) is 10.8. The number of pyridine rings is 1. The van der Waals surface area contributed by atoms with Gasteiger partial charge in [0, 0.05) is 19.3 Å². The normalized spacial score (nSPS) is 14.3. The van der Waals surface area contributed by atoms with E-state index in [9.17, 15) is 4.79 Å². The van der Waals surface area contributed by atoms with Crippen molar-refractivity contribution in [2.24, 2.45) is 5.41 Å². The number of aromatic nitrogens is 1. The smallest absolute Gasteiger partial charge is 0.310 e. The van der Waals surface area contributed by atoms with Gasteiger partial charge in [-0.2, -0.15) is 0 Å². The molecule has 0 saturated carbocycles. The second-order valence-corrected chi connectivity index (χ2v) is 4.73. The highest BCUT2D eigenvalue weighted by Crippen LogP contribution is 2.20. The quantitative estimate of drug-likeness (QED) is 0.820. The molecule has 0 amide bonds. The van der Waals surface area contributed by atoms with Crippen molar-refractivity contribution in [3.63, 3.8) is 0 Å². The number of halogens is 1. The fraction of sp³-hybridized carbons (Fsp3) is 0.500. The molecule has 1 heterocycles. The summed E-state index contributed by atoms with van der Waals surface area (Å²) in [5, 5.41) is 12.8. The van der Waals surface area contributed by atoms with Gasteiger partial charge in [-0.1, -0.05) is 18.5 Å². The van der Waals surface area contributed by atoms with E-state index in [0.29, 0.717) is 24.5 Å². The van der Waals surface area contributed by atoms with Crippen molar-refractivity contribution in [1.82, 2.24) is 10.3 Å². The highest BCUT2D eigenvalue weighted by molar-refractivity contribution is 6.30. The minimum absolute atomic E-state index is 0.420. The Labute approximate surface area is 106 Å². The van der Waals surface area contributed by atoms with Crippen LogP contribution in [0.3, 0.4) is 0 Å². The number of carboxylic acid groups (broad SMARTS) is 1. The molecule has 0 spiro atoms. The Morgan fingerprint density at radius 2 is 2.29 bits per heavy atom. The lowest BCUT2D eigenvalue weighted by molar-refractivity contribution is -0.147. The second-order valence-electron chi connectivity index (χ2n) is 4.29. The first-order valence-corrected chi connectivity index (χ1v) is 5.90. The lowest BCUT2D eigenvalue weighted by Crippen LogP contribution is -2.37. The largest absolute Gasteiger partial charge is 0.481 e. The summed E-state index contributed by atoms with van der Waals surface area (Å²) < 4.78 is 0. The van der Waals surface area contributed by atoms with Gasteiger partial charge in [-0.25, -0.2) is 0 Å². The average Bonchev–Trinajstić information content (AvgIpc) is 2.31. The number of nitrogens with zero attached hydrogens (tertiary/aromatic N) is 1. The van der Waals surface area contributed by atoms with E-state index in [2.05, 4.69) is 10.3 Å². The molecule has 0 aliphatic heterocycles. The number of hydrogen-bond acceptors (Lipinski definition) is 3. The number of nitrogens with one attached hydrogen (secondary N) is 1. The SMILES string of the molecule is CCC(C)(CNCc1ccc(Cl)cn1)C(=O)O. The zero-order chi connectivity index (χ0) is 12.9. The molecular formula is C12H17ClN2O2. The van der Waals surface area contributed by atoms with Crippen LogP contribution in [0.1, 0.15) is 26.0 Å². The fourth-order valence-electron chi connectivity index (χ4n) is 1.33. The number of carbonyl (C=O) groups is 1. The van der Waals surface area contributed by atoms with Crippen molar-refractivity contribution in [2.75, 3.05) is 6.54 Å². The number of carboxylic acids is 1. The van der Waals surface area contributed by atoms with E-state index in [1.165, 1.54) is 0 Å². The molecule has 0 aliphatic rings. The predicted octanol–water partition coefficient (Wildman–Crippen LogP) is 2.33. The Kier molecular flexibility index (Phi) is 4.90. The summed E-state index contributed by atoms with van der Waals surface area (Å²) in [5.41, 5.74) is 0.116. The summed E-state index contributed by atoms with van der Waals surface area (Å²) in [5.74, 6) is -0.781. The topological polar surface area (TPSA) is 62.2 Å². The van der Waals surface area contributed by atoms with Gasteiger partial charge in [0.2, 0.25) is 0 Å². The van der Waals surface area contributed by atoms with Gasteiger partial charge in [0.25, 0.3) is 0 Å². The maximum absolute atomic E-state index is 11.1. The van der Waals surface area contributed by atoms with Gasteiger partial charge in [-0.15, -0.1) is 0 Å². The molecule has 17 heavy (non-hydrogen) atoms. The summed E-state index contributed by atoms with van der Waals surface area (Å²) in [6, 6.07) is 3.58. The van der Waals surface area contributed by atoms with E-state index in [0.717, 1.165) is 5.69 Å². The Hall–Kier alpha value is -1.13. The van der Waals surface area contributed by atoms with Crippen LogP contribution in [0.2, 0.25) is 5.02 Å². The molecule has 0 aliphatic carbocycles. The Balaban J connectivity index is 2.47. The van der Waals surface area contributed by atoms with Crippen molar-refractivity contribution < 1.29 is 9.90 Å². The molecule has 1 atom stereocenters. The molecule has 0 radical (unpaired) electrons. The zero-order valence-electron chi connectivity index (χ0n) is 10.0. The van der Waals surface area contributed by atoms with E-state index in [1.807, 2.05) is 13.0 Å². The van der Waals surface area contributed by atoms with Crippen LogP contribution in [0.15, 0.2) is 18.3 Å². The standard InChI is InChI=1S/C12H17ClN2O2/c1-3-12(2,11(16)17)8-14-7-10-5-4-9(13)6-15-10/h4-6,14H,3,7-8H2,1-2H3,(H,16,17). The van der Waals surface area contributed by atoms with E-state index in [1.54, 1.807) is 19.2 Å². The first kappa shape index (κ1) is 13.9. The fourth-order valence-corrected chi connectivity index (χ4v) is 1.44. The van der Waals surface area contributed by atoms with Gasteiger partial charge in [0.1, 0.15) is 0 Å². The van der Waals surface area contributed by atoms with Gasteiger partial charge in [0.05, 0.1) is 16.1 Å². The van der Waals surface area contributed by atoms with Gasteiger partial charge < -0.3 is 10.4 Å². The number of aliphatic carboxylic acids is 1. The average molecular weight is 257 g/mol. The molecule has 1 aromatic rings. The second kappa shape index (κ2) is 5.98. The van der Waals surface area contributed by atoms with E-state index in [-0.39, 0.29) is 0 Å². The minimum Gasteiger partial charge on any atom is -0.481 e. The molecule has 2 N–H and O–H groups in total. The first-order chi connectivity index (χ1) is 7.98. The molecule has 1 unspecified atom stereocenters. The van der Waals surface area contributed by atoms with Gasteiger partial charge >= 0.3 is 5.97 Å². The Morgan fingerprint density at radius 3 is 2.76 bits per heavy atom. The lowest BCUT2D eigenvalue weighted by Gasteiger charge is -2.23. The molecular weight excluding hydrogens is 240 g/mol. The van der Waals surface area contributed by atoms with Crippen LogP contribution in [-0.2, 0) is 11.3 Å². The van der Waals surface area contributed by atoms with Crippen LogP contribution < -0.4 is 5.32 Å². The van der Waals surface area contributed by atoms with E-state index < -0.39 is 11.4 Å². The van der Waals surface area contributed by atoms with Crippen molar-refractivity contribution in [1.29, 1.82) is 0 Å². The van der Waals surface area contributed by atoms with Gasteiger partial charge in [-0.3, -0.25) is 9.78 Å². The molecule has 1 rings (SSSR count). The maximum atomic E-state index is 11.1. The molecule has 0 aromatic carbocycles. The van der Waals surface area contributed by atoms with Crippen molar-refractivity contribution in [3.05, 3.63) is 29.0 Å². The summed E-state index contributed by atoms with van der Waals surface area (Å²) in [6.45, 7) is 4.57. The summed E-state index contributed by atoms with van der Waals surface area (Å²) >= 11 is 5.72. The van der Waals surface area contributed by atoms with Crippen LogP contribution in [0, 0.1) is 5.41 Å². The van der Waals surface area contributed by atoms with E-state index >= 15 is 0 Å². The minimum atomic E-state index is -0.781. The highest BCUT2D eigenvalue weighted by Gasteiger charge is 2.30. The maximum Gasteiger partial charge on any atom is 0.310 e. The monoisotopic (exact) mass is 256 g/mol. The summed E-state index contributed by atoms with van der Waals surface area (Å²) in [6.07, 6.45) is 2.16. The molecule has 0 fully saturated rings. The lowest BCUT2D eigenvalue weighted by atomic mass is 9.88. The third-order valence-corrected chi connectivity index (χ3v) is 3.13. The molecule has 94 valence electrons. The third kappa shape index (κ3) is 3.98. The van der Waals surface area contributed by atoms with Crippen molar-refractivity contribution in [3.8, 4) is 0 Å². The number of rotatable bonds is 6. The Bertz CT molecular complexity index is 381. The Morgan fingerprint density at radius 1 is 1.59 bits per heavy atom. The van der Waals surface area contributed by atoms with Crippen LogP contribution >= 0.6 is 11.6 Å². The predicted molar refractivity (Wildman–Crippen MR) is 67.0 cm³/mol. The summed E-state index contributed by atoms with van der Waals surface area (Å²) in [7, 11) is 0. The van der Waals surface area contributed by atoms with Crippen LogP contribution in [0.4, 0.5) is 0 Å². The molecule has 5 heteroatoms. The highest BCUT2D eigenvalue weighted by atomic mass is 35.5. The van der Waals surface area contributed by atoms with Crippen LogP contribution in [-0.4, -0.2) is 22.6 Å². The summed E-state index contributed by atoms with van der Waals surface area (Å²) in [4.78, 5) is 15.2. The van der Waals surface area contributed by atoms with Gasteiger partial charge in [0.15, 0.2) is 0 Å². The van der Waals surface area contributed by atoms with Crippen molar-refractivity contribution >= 4 is 17.6 Å². The molecule has 0 bridgehead atoms. The van der Waals surface area contributed by atoms with Crippen LogP contribution in [0.25, 0.3) is 0 Å². The van der Waals surface area contributed by atoms with Crippen LogP contribution in [0.5, 0.6) is 0 Å². The molecule has 1 aromatic heterocycles. The van der Waals surface area contributed by atoms with E-state index in [4.69, 9.17) is 16.7 Å². The molecule has 0 saturated heterocycles. The van der Waals surface area contributed by atoms with Gasteiger partial charge in [-0.05, 0) is 25.5 Å². The number of hydrogen-bond donors (Lipinski definition) is 2. The van der Waals surface area contributed by atoms with Crippen molar-refractivity contribution in [2.45, 2.75) is 26.8 Å². The first-order valence-electron chi connectivity index (χ1n) is 5.52. The third-order valence-electron chi connectivity index (χ3n) is 2.91. The molecule has 4 nitrogen and oxygen atoms in total.